The summed E-state index contributed by atoms with van der Waals surface area (Å²) in [4.78, 5) is 36.6. The Morgan fingerprint density at radius 3 is 2.81 bits per heavy atom. The predicted octanol–water partition coefficient (Wildman–Crippen LogP) is 0.110. The predicted molar refractivity (Wildman–Crippen MR) is 73.1 cm³/mol. The van der Waals surface area contributed by atoms with Crippen LogP contribution in [0.1, 0.15) is 16.8 Å². The van der Waals surface area contributed by atoms with Crippen LogP contribution in [0.25, 0.3) is 0 Å². The summed E-state index contributed by atoms with van der Waals surface area (Å²) in [6, 6.07) is 5.64. The minimum Gasteiger partial charge on any atom is -0.496 e. The number of aliphatic carboxylic acids is 1. The number of nitrogens with zero attached hydrogens (tertiary/aromatic N) is 1. The maximum atomic E-state index is 12.6. The third-order valence-electron chi connectivity index (χ3n) is 3.30. The number of carbonyl (C=O) groups excluding carboxylic acids is 2. The molecule has 7 nitrogen and oxygen atoms in total. The summed E-state index contributed by atoms with van der Waals surface area (Å²) < 4.78 is 5.14. The number of carboxylic acid groups (broad SMARTS) is 1. The Kier molecular flexibility index (Phi) is 4.42. The van der Waals surface area contributed by atoms with Crippen molar-refractivity contribution in [1.82, 2.24) is 10.2 Å². The number of nitrogens with one attached hydrogen (secondary N) is 1. The van der Waals surface area contributed by atoms with Gasteiger partial charge < -0.3 is 20.1 Å². The summed E-state index contributed by atoms with van der Waals surface area (Å²) in [5, 5.41) is 11.5. The van der Waals surface area contributed by atoms with Crippen molar-refractivity contribution < 1.29 is 24.2 Å². The van der Waals surface area contributed by atoms with E-state index in [-0.39, 0.29) is 6.54 Å². The Morgan fingerprint density at radius 1 is 1.43 bits per heavy atom. The number of methoxy groups -OCH3 is 1. The van der Waals surface area contributed by atoms with Gasteiger partial charge in [0.1, 0.15) is 11.8 Å². The van der Waals surface area contributed by atoms with E-state index in [4.69, 9.17) is 9.84 Å². The van der Waals surface area contributed by atoms with Crippen LogP contribution in [0.5, 0.6) is 5.75 Å². The van der Waals surface area contributed by atoms with Gasteiger partial charge in [0.15, 0.2) is 0 Å². The highest BCUT2D eigenvalue weighted by Gasteiger charge is 2.35. The monoisotopic (exact) mass is 292 g/mol. The van der Waals surface area contributed by atoms with Crippen LogP contribution in [0.3, 0.4) is 0 Å². The molecule has 2 amide bonds. The number of amides is 2. The molecule has 2 rings (SSSR count). The summed E-state index contributed by atoms with van der Waals surface area (Å²) in [5.41, 5.74) is 0.310. The normalized spacial score (nSPS) is 18.0. The fourth-order valence-corrected chi connectivity index (χ4v) is 2.30. The number of hydrogen-bond acceptors (Lipinski definition) is 4. The molecule has 0 aliphatic carbocycles. The lowest BCUT2D eigenvalue weighted by molar-refractivity contribution is -0.142. The zero-order valence-corrected chi connectivity index (χ0v) is 11.5. The van der Waals surface area contributed by atoms with Gasteiger partial charge in [-0.15, -0.1) is 0 Å². The lowest BCUT2D eigenvalue weighted by atomic mass is 10.1. The lowest BCUT2D eigenvalue weighted by Crippen LogP contribution is -2.57. The summed E-state index contributed by atoms with van der Waals surface area (Å²) >= 11 is 0. The fourth-order valence-electron chi connectivity index (χ4n) is 2.30. The van der Waals surface area contributed by atoms with E-state index in [2.05, 4.69) is 5.32 Å². The number of hydrogen-bond donors (Lipinski definition) is 2. The Labute approximate surface area is 121 Å². The molecule has 0 aromatic heterocycles. The average Bonchev–Trinajstić information content (AvgIpc) is 2.48. The van der Waals surface area contributed by atoms with Crippen LogP contribution >= 0.6 is 0 Å². The minimum atomic E-state index is -1.13. The highest BCUT2D eigenvalue weighted by Crippen LogP contribution is 2.22. The van der Waals surface area contributed by atoms with Crippen LogP contribution in [-0.2, 0) is 9.59 Å². The van der Waals surface area contributed by atoms with Crippen molar-refractivity contribution in [3.05, 3.63) is 29.8 Å². The topological polar surface area (TPSA) is 95.9 Å². The van der Waals surface area contributed by atoms with Crippen molar-refractivity contribution in [1.29, 1.82) is 0 Å². The highest BCUT2D eigenvalue weighted by atomic mass is 16.5. The summed E-state index contributed by atoms with van der Waals surface area (Å²) in [5.74, 6) is -1.60. The molecule has 1 heterocycles. The quantitative estimate of drug-likeness (QED) is 0.821. The van der Waals surface area contributed by atoms with E-state index in [9.17, 15) is 14.4 Å². The van der Waals surface area contributed by atoms with Gasteiger partial charge in [-0.05, 0) is 12.1 Å². The first-order valence-electron chi connectivity index (χ1n) is 6.48. The molecule has 7 heteroatoms. The Balaban J connectivity index is 2.30. The molecule has 21 heavy (non-hydrogen) atoms. The molecule has 1 fully saturated rings. The molecule has 1 atom stereocenters. The molecule has 0 bridgehead atoms. The Hall–Kier alpha value is -2.57. The second-order valence-corrected chi connectivity index (χ2v) is 4.60. The van der Waals surface area contributed by atoms with Crippen molar-refractivity contribution in [2.24, 2.45) is 0 Å². The summed E-state index contributed by atoms with van der Waals surface area (Å²) in [6.45, 7) is 0.566. The van der Waals surface area contributed by atoms with Gasteiger partial charge in [-0.2, -0.15) is 0 Å². The van der Waals surface area contributed by atoms with Crippen LogP contribution in [0.15, 0.2) is 24.3 Å². The van der Waals surface area contributed by atoms with Crippen LogP contribution in [0, 0.1) is 0 Å². The fraction of sp³-hybridized carbons (Fsp3) is 0.357. The van der Waals surface area contributed by atoms with Crippen LogP contribution in [-0.4, -0.2) is 54.0 Å². The van der Waals surface area contributed by atoms with E-state index < -0.39 is 30.2 Å². The van der Waals surface area contributed by atoms with Gasteiger partial charge in [-0.1, -0.05) is 12.1 Å². The van der Waals surface area contributed by atoms with Gasteiger partial charge in [0.2, 0.25) is 5.91 Å². The molecular weight excluding hydrogens is 276 g/mol. The van der Waals surface area contributed by atoms with E-state index in [1.807, 2.05) is 0 Å². The van der Waals surface area contributed by atoms with Crippen molar-refractivity contribution >= 4 is 17.8 Å². The van der Waals surface area contributed by atoms with Crippen LogP contribution < -0.4 is 10.1 Å². The SMILES string of the molecule is COc1ccccc1C(=O)N1CCNC(=O)C1CC(=O)O. The molecule has 0 spiro atoms. The molecular formula is C14H16N2O5. The largest absolute Gasteiger partial charge is 0.496 e. The molecule has 1 unspecified atom stereocenters. The van der Waals surface area contributed by atoms with E-state index >= 15 is 0 Å². The maximum absolute atomic E-state index is 12.6. The number of benzene rings is 1. The van der Waals surface area contributed by atoms with Gasteiger partial charge in [0, 0.05) is 13.1 Å². The molecule has 1 aromatic rings. The third-order valence-corrected chi connectivity index (χ3v) is 3.30. The zero-order chi connectivity index (χ0) is 15.4. The molecule has 112 valence electrons. The van der Waals surface area contributed by atoms with E-state index in [0.29, 0.717) is 17.9 Å². The first kappa shape index (κ1) is 14.8. The number of piperazine rings is 1. The number of para-hydroxylation sites is 1. The van der Waals surface area contributed by atoms with Gasteiger partial charge >= 0.3 is 5.97 Å². The second kappa shape index (κ2) is 6.25. The number of carbonyl (C=O) groups is 3. The van der Waals surface area contributed by atoms with Crippen LogP contribution in [0.2, 0.25) is 0 Å². The van der Waals surface area contributed by atoms with Crippen molar-refractivity contribution in [2.45, 2.75) is 12.5 Å². The van der Waals surface area contributed by atoms with Crippen LogP contribution in [0.4, 0.5) is 0 Å². The third kappa shape index (κ3) is 3.13. The number of rotatable bonds is 4. The van der Waals surface area contributed by atoms with E-state index in [0.717, 1.165) is 0 Å². The molecule has 1 aromatic carbocycles. The standard InChI is InChI=1S/C14H16N2O5/c1-21-11-5-3-2-4-9(11)14(20)16-7-6-15-13(19)10(16)8-12(17)18/h2-5,10H,6-8H2,1H3,(H,15,19)(H,17,18). The van der Waals surface area contributed by atoms with Gasteiger partial charge in [-0.3, -0.25) is 14.4 Å². The van der Waals surface area contributed by atoms with E-state index in [1.54, 1.807) is 24.3 Å². The maximum Gasteiger partial charge on any atom is 0.305 e. The highest BCUT2D eigenvalue weighted by molar-refractivity contribution is 6.01. The molecule has 0 saturated carbocycles. The number of carboxylic acids is 1. The van der Waals surface area contributed by atoms with Gasteiger partial charge in [0.05, 0.1) is 19.1 Å². The minimum absolute atomic E-state index is 0.264. The molecule has 1 saturated heterocycles. The lowest BCUT2D eigenvalue weighted by Gasteiger charge is -2.34. The average molecular weight is 292 g/mol. The van der Waals surface area contributed by atoms with E-state index in [1.165, 1.54) is 12.0 Å². The molecule has 1 aliphatic rings. The Bertz CT molecular complexity index is 572. The molecule has 2 N–H and O–H groups in total. The summed E-state index contributed by atoms with van der Waals surface area (Å²) in [6.07, 6.45) is -0.424. The van der Waals surface area contributed by atoms with Crippen molar-refractivity contribution in [3.8, 4) is 5.75 Å². The van der Waals surface area contributed by atoms with Crippen molar-refractivity contribution in [3.63, 3.8) is 0 Å². The first-order valence-corrected chi connectivity index (χ1v) is 6.48. The second-order valence-electron chi connectivity index (χ2n) is 4.60. The summed E-state index contributed by atoms with van der Waals surface area (Å²) in [7, 11) is 1.45. The van der Waals surface area contributed by atoms with Gasteiger partial charge in [0.25, 0.3) is 5.91 Å². The molecule has 0 radical (unpaired) electrons. The van der Waals surface area contributed by atoms with Gasteiger partial charge in [-0.25, -0.2) is 0 Å². The van der Waals surface area contributed by atoms with Crippen molar-refractivity contribution in [2.75, 3.05) is 20.2 Å². The Morgan fingerprint density at radius 2 is 2.14 bits per heavy atom. The zero-order valence-electron chi connectivity index (χ0n) is 11.5. The number of ether oxygens (including phenoxy) is 1. The first-order chi connectivity index (χ1) is 10.0. The molecule has 1 aliphatic heterocycles. The smallest absolute Gasteiger partial charge is 0.305 e.